The van der Waals surface area contributed by atoms with Crippen LogP contribution >= 0.6 is 12.2 Å². The van der Waals surface area contributed by atoms with E-state index < -0.39 is 6.04 Å². The van der Waals surface area contributed by atoms with Crippen molar-refractivity contribution >= 4 is 45.5 Å². The smallest absolute Gasteiger partial charge is 0.253 e. The number of benzene rings is 2. The number of H-pyrrole nitrogens is 1. The van der Waals surface area contributed by atoms with E-state index >= 15 is 0 Å². The summed E-state index contributed by atoms with van der Waals surface area (Å²) < 4.78 is 0. The minimum Gasteiger partial charge on any atom is -0.345 e. The maximum atomic E-state index is 12.7. The van der Waals surface area contributed by atoms with Crippen LogP contribution < -0.4 is 10.2 Å². The minimum absolute atomic E-state index is 0.145. The number of allylic oxidation sites excluding steroid dienone is 4. The molecule has 2 aromatic carbocycles. The van der Waals surface area contributed by atoms with E-state index in [-0.39, 0.29) is 5.91 Å². The molecule has 1 aliphatic heterocycles. The number of nitrogens with one attached hydrogen (secondary N) is 2. The summed E-state index contributed by atoms with van der Waals surface area (Å²) in [5.41, 5.74) is 5.40. The zero-order valence-electron chi connectivity index (χ0n) is 15.1. The fourth-order valence-corrected chi connectivity index (χ4v) is 3.69. The van der Waals surface area contributed by atoms with Crippen molar-refractivity contribution in [1.82, 2.24) is 15.3 Å². The molecule has 1 aliphatic rings. The molecule has 1 fully saturated rings. The molecule has 1 amide bonds. The van der Waals surface area contributed by atoms with Crippen LogP contribution in [-0.2, 0) is 4.79 Å². The minimum atomic E-state index is -0.530. The highest BCUT2D eigenvalue weighted by molar-refractivity contribution is 7.80. The molecule has 5 nitrogen and oxygen atoms in total. The molecule has 1 atom stereocenters. The number of hydrogen-bond acceptors (Lipinski definition) is 3. The van der Waals surface area contributed by atoms with Crippen molar-refractivity contribution in [2.75, 3.05) is 4.90 Å². The Morgan fingerprint density at radius 1 is 1.18 bits per heavy atom. The number of aromatic amines is 1. The average Bonchev–Trinajstić information content (AvgIpc) is 3.29. The van der Waals surface area contributed by atoms with E-state index in [4.69, 9.17) is 12.2 Å². The first-order valence-electron chi connectivity index (χ1n) is 8.75. The van der Waals surface area contributed by atoms with Crippen LogP contribution in [0.4, 0.5) is 5.69 Å². The summed E-state index contributed by atoms with van der Waals surface area (Å²) >= 11 is 5.43. The number of nitrogens with zero attached hydrogens (tertiary/aromatic N) is 2. The number of hydrogen-bond donors (Lipinski definition) is 2. The second-order valence-corrected chi connectivity index (χ2v) is 6.74. The SMILES string of the molecule is C=C/C=C(\C=C)c1ccc(C2C(=O)NC(=S)N2c2ccc3nc[nH]c3c2)cc1. The largest absolute Gasteiger partial charge is 0.345 e. The Morgan fingerprint density at radius 3 is 2.68 bits per heavy atom. The number of carbonyl (C=O) groups excluding carboxylic acids is 1. The molecular weight excluding hydrogens is 368 g/mol. The van der Waals surface area contributed by atoms with Gasteiger partial charge in [-0.2, -0.15) is 0 Å². The van der Waals surface area contributed by atoms with Gasteiger partial charge in [-0.15, -0.1) is 0 Å². The number of thiocarbonyl (C=S) groups is 1. The normalized spacial score (nSPS) is 17.1. The Labute approximate surface area is 168 Å². The molecule has 1 aromatic heterocycles. The van der Waals surface area contributed by atoms with Gasteiger partial charge in [-0.05, 0) is 47.1 Å². The zero-order valence-corrected chi connectivity index (χ0v) is 15.9. The van der Waals surface area contributed by atoms with Crippen molar-refractivity contribution in [2.24, 2.45) is 0 Å². The van der Waals surface area contributed by atoms with Crippen LogP contribution in [0.1, 0.15) is 17.2 Å². The van der Waals surface area contributed by atoms with Gasteiger partial charge < -0.3 is 15.2 Å². The van der Waals surface area contributed by atoms with Crippen molar-refractivity contribution in [3.05, 3.63) is 91.3 Å². The standard InChI is InChI=1S/C22H18N4OS/c1-3-5-14(4-2)15-6-8-16(9-7-15)20-21(27)25-22(28)26(20)17-10-11-18-19(12-17)24-13-23-18/h3-13,20H,1-2H2,(H,23,24)(H,25,27,28)/b14-5+. The summed E-state index contributed by atoms with van der Waals surface area (Å²) in [6.45, 7) is 7.57. The number of fused-ring (bicyclic) bond motifs is 1. The second-order valence-electron chi connectivity index (χ2n) is 6.35. The van der Waals surface area contributed by atoms with Crippen LogP contribution in [-0.4, -0.2) is 21.0 Å². The number of rotatable bonds is 5. The molecule has 138 valence electrons. The lowest BCUT2D eigenvalue weighted by atomic mass is 9.99. The maximum absolute atomic E-state index is 12.7. The highest BCUT2D eigenvalue weighted by Gasteiger charge is 2.38. The first kappa shape index (κ1) is 17.9. The topological polar surface area (TPSA) is 61.0 Å². The summed E-state index contributed by atoms with van der Waals surface area (Å²) in [5, 5.41) is 3.16. The molecule has 2 N–H and O–H groups in total. The molecule has 4 rings (SSSR count). The lowest BCUT2D eigenvalue weighted by Crippen LogP contribution is -2.29. The third kappa shape index (κ3) is 3.04. The number of amides is 1. The molecule has 0 aliphatic carbocycles. The summed E-state index contributed by atoms with van der Waals surface area (Å²) in [7, 11) is 0. The van der Waals surface area contributed by atoms with Gasteiger partial charge in [-0.25, -0.2) is 4.98 Å². The summed E-state index contributed by atoms with van der Waals surface area (Å²) in [6, 6.07) is 13.1. The van der Waals surface area contributed by atoms with E-state index in [1.54, 1.807) is 18.5 Å². The number of carbonyl (C=O) groups is 1. The molecule has 2 heterocycles. The first-order valence-corrected chi connectivity index (χ1v) is 9.16. The van der Waals surface area contributed by atoms with Gasteiger partial charge in [0.15, 0.2) is 5.11 Å². The maximum Gasteiger partial charge on any atom is 0.253 e. The Balaban J connectivity index is 1.73. The first-order chi connectivity index (χ1) is 13.6. The van der Waals surface area contributed by atoms with Gasteiger partial charge >= 0.3 is 0 Å². The fourth-order valence-electron chi connectivity index (χ4n) is 3.38. The van der Waals surface area contributed by atoms with Crippen LogP contribution in [0.5, 0.6) is 0 Å². The van der Waals surface area contributed by atoms with Crippen LogP contribution in [0.25, 0.3) is 16.6 Å². The van der Waals surface area contributed by atoms with E-state index in [1.807, 2.05) is 53.4 Å². The molecule has 0 bridgehead atoms. The van der Waals surface area contributed by atoms with Gasteiger partial charge in [0.25, 0.3) is 5.91 Å². The predicted octanol–water partition coefficient (Wildman–Crippen LogP) is 4.28. The molecule has 0 spiro atoms. The monoisotopic (exact) mass is 386 g/mol. The molecule has 1 saturated heterocycles. The van der Waals surface area contributed by atoms with E-state index in [1.165, 1.54) is 0 Å². The molecule has 6 heteroatoms. The van der Waals surface area contributed by atoms with Crippen molar-refractivity contribution in [3.8, 4) is 0 Å². The van der Waals surface area contributed by atoms with E-state index in [2.05, 4.69) is 28.4 Å². The van der Waals surface area contributed by atoms with Gasteiger partial charge in [-0.3, -0.25) is 4.79 Å². The van der Waals surface area contributed by atoms with Crippen LogP contribution in [0, 0.1) is 0 Å². The van der Waals surface area contributed by atoms with Crippen molar-refractivity contribution in [2.45, 2.75) is 6.04 Å². The Bertz CT molecular complexity index is 1130. The molecule has 0 radical (unpaired) electrons. The third-order valence-corrected chi connectivity index (χ3v) is 5.01. The molecule has 1 unspecified atom stereocenters. The third-order valence-electron chi connectivity index (χ3n) is 4.71. The Kier molecular flexibility index (Phi) is 4.63. The number of anilines is 1. The molecule has 28 heavy (non-hydrogen) atoms. The van der Waals surface area contributed by atoms with Gasteiger partial charge in [0.1, 0.15) is 6.04 Å². The fraction of sp³-hybridized carbons (Fsp3) is 0.0455. The zero-order chi connectivity index (χ0) is 19.7. The van der Waals surface area contributed by atoms with E-state index in [0.717, 1.165) is 33.4 Å². The predicted molar refractivity (Wildman–Crippen MR) is 117 cm³/mol. The van der Waals surface area contributed by atoms with Crippen LogP contribution in [0.15, 0.2) is 80.2 Å². The van der Waals surface area contributed by atoms with Gasteiger partial charge in [-0.1, -0.05) is 55.7 Å². The van der Waals surface area contributed by atoms with Crippen molar-refractivity contribution in [1.29, 1.82) is 0 Å². The van der Waals surface area contributed by atoms with Gasteiger partial charge in [0, 0.05) is 5.69 Å². The van der Waals surface area contributed by atoms with Crippen molar-refractivity contribution in [3.63, 3.8) is 0 Å². The number of imidazole rings is 1. The number of aromatic nitrogens is 2. The lowest BCUT2D eigenvalue weighted by Gasteiger charge is -2.24. The highest BCUT2D eigenvalue weighted by atomic mass is 32.1. The quantitative estimate of drug-likeness (QED) is 0.508. The molecular formula is C22H18N4OS. The average molecular weight is 386 g/mol. The molecule has 0 saturated carbocycles. The van der Waals surface area contributed by atoms with E-state index in [9.17, 15) is 4.79 Å². The van der Waals surface area contributed by atoms with Crippen molar-refractivity contribution < 1.29 is 4.79 Å². The summed E-state index contributed by atoms with van der Waals surface area (Å²) in [5.74, 6) is -0.145. The van der Waals surface area contributed by atoms with Gasteiger partial charge in [0.2, 0.25) is 0 Å². The highest BCUT2D eigenvalue weighted by Crippen LogP contribution is 2.33. The van der Waals surface area contributed by atoms with Crippen LogP contribution in [0.3, 0.4) is 0 Å². The summed E-state index contributed by atoms with van der Waals surface area (Å²) in [6.07, 6.45) is 7.04. The summed E-state index contributed by atoms with van der Waals surface area (Å²) in [4.78, 5) is 21.8. The Morgan fingerprint density at radius 2 is 1.96 bits per heavy atom. The Hall–Kier alpha value is -3.51. The van der Waals surface area contributed by atoms with Crippen LogP contribution in [0.2, 0.25) is 0 Å². The van der Waals surface area contributed by atoms with E-state index in [0.29, 0.717) is 5.11 Å². The second kappa shape index (κ2) is 7.25. The lowest BCUT2D eigenvalue weighted by molar-refractivity contribution is -0.119. The van der Waals surface area contributed by atoms with Gasteiger partial charge in [0.05, 0.1) is 17.4 Å². The molecule has 3 aromatic rings.